The van der Waals surface area contributed by atoms with Gasteiger partial charge in [0.15, 0.2) is 0 Å². The van der Waals surface area contributed by atoms with Crippen LogP contribution in [0.25, 0.3) is 0 Å². The average Bonchev–Trinajstić information content (AvgIpc) is 3.06. The number of benzene rings is 2. The van der Waals surface area contributed by atoms with Crippen LogP contribution >= 0.6 is 0 Å². The van der Waals surface area contributed by atoms with E-state index in [1.807, 2.05) is 24.3 Å². The Morgan fingerprint density at radius 2 is 1.79 bits per heavy atom. The number of rotatable bonds is 3. The zero-order chi connectivity index (χ0) is 16.5. The first kappa shape index (κ1) is 15.3. The quantitative estimate of drug-likeness (QED) is 0.622. The lowest BCUT2D eigenvalue weighted by molar-refractivity contribution is -0.384. The fraction of sp³-hybridized carbons (Fsp3) is 0.368. The van der Waals surface area contributed by atoms with Gasteiger partial charge in [0, 0.05) is 24.7 Å². The Hall–Kier alpha value is -2.24. The van der Waals surface area contributed by atoms with Crippen LogP contribution in [0.4, 0.5) is 5.69 Å². The third-order valence-electron chi connectivity index (χ3n) is 4.97. The molecule has 0 bridgehead atoms. The third-order valence-corrected chi connectivity index (χ3v) is 4.97. The summed E-state index contributed by atoms with van der Waals surface area (Å²) in [5.74, 6) is 0.226. The maximum atomic E-state index is 10.9. The van der Waals surface area contributed by atoms with Crippen LogP contribution in [0.3, 0.4) is 0 Å². The summed E-state index contributed by atoms with van der Waals surface area (Å²) in [7, 11) is 0. The molecule has 2 aromatic carbocycles. The van der Waals surface area contributed by atoms with Gasteiger partial charge in [-0.25, -0.2) is 0 Å². The molecule has 5 nitrogen and oxygen atoms in total. The van der Waals surface area contributed by atoms with E-state index in [1.54, 1.807) is 12.1 Å². The number of non-ortho nitro benzene ring substituents is 1. The summed E-state index contributed by atoms with van der Waals surface area (Å²) < 4.78 is 12.1. The number of nitrogens with zero attached hydrogens (tertiary/aromatic N) is 1. The Labute approximate surface area is 140 Å². The SMILES string of the molecule is O=[N+]([O-])c1ccc([C@@H]2OCCC[C@H]2[C@@H]2OCc3ccccc32)cc1. The van der Waals surface area contributed by atoms with Gasteiger partial charge in [-0.15, -0.1) is 0 Å². The van der Waals surface area contributed by atoms with Crippen LogP contribution in [0.2, 0.25) is 0 Å². The fourth-order valence-electron chi connectivity index (χ4n) is 3.81. The van der Waals surface area contributed by atoms with Crippen molar-refractivity contribution >= 4 is 5.69 Å². The van der Waals surface area contributed by atoms with E-state index in [9.17, 15) is 10.1 Å². The molecule has 2 aliphatic heterocycles. The van der Waals surface area contributed by atoms with Gasteiger partial charge in [0.2, 0.25) is 0 Å². The molecule has 0 radical (unpaired) electrons. The summed E-state index contributed by atoms with van der Waals surface area (Å²) in [6.07, 6.45) is 1.98. The molecule has 0 aromatic heterocycles. The van der Waals surface area contributed by atoms with E-state index in [0.717, 1.165) is 18.4 Å². The van der Waals surface area contributed by atoms with Gasteiger partial charge in [-0.3, -0.25) is 10.1 Å². The Balaban J connectivity index is 1.63. The van der Waals surface area contributed by atoms with Crippen molar-refractivity contribution in [3.8, 4) is 0 Å². The molecule has 2 aliphatic rings. The van der Waals surface area contributed by atoms with Gasteiger partial charge in [0.1, 0.15) is 0 Å². The molecule has 0 spiro atoms. The minimum absolute atomic E-state index is 0.0293. The van der Waals surface area contributed by atoms with Gasteiger partial charge in [0.05, 0.1) is 23.7 Å². The van der Waals surface area contributed by atoms with E-state index in [-0.39, 0.29) is 28.7 Å². The Kier molecular flexibility index (Phi) is 4.04. The number of ether oxygens (including phenoxy) is 2. The number of hydrogen-bond acceptors (Lipinski definition) is 4. The summed E-state index contributed by atoms with van der Waals surface area (Å²) in [6, 6.07) is 15.0. The third kappa shape index (κ3) is 2.70. The maximum absolute atomic E-state index is 10.9. The maximum Gasteiger partial charge on any atom is 0.269 e. The molecular weight excluding hydrogens is 306 g/mol. The highest BCUT2D eigenvalue weighted by Crippen LogP contribution is 2.46. The van der Waals surface area contributed by atoms with Gasteiger partial charge in [0.25, 0.3) is 5.69 Å². The Morgan fingerprint density at radius 1 is 1.00 bits per heavy atom. The minimum atomic E-state index is -0.376. The highest BCUT2D eigenvalue weighted by Gasteiger charge is 2.38. The van der Waals surface area contributed by atoms with Crippen molar-refractivity contribution in [3.05, 3.63) is 75.3 Å². The van der Waals surface area contributed by atoms with Crippen LogP contribution in [0, 0.1) is 16.0 Å². The molecule has 124 valence electrons. The summed E-state index contributed by atoms with van der Waals surface area (Å²) in [6.45, 7) is 1.36. The van der Waals surface area contributed by atoms with Crippen LogP contribution in [0.15, 0.2) is 48.5 Å². The van der Waals surface area contributed by atoms with Gasteiger partial charge >= 0.3 is 0 Å². The average molecular weight is 325 g/mol. The summed E-state index contributed by atoms with van der Waals surface area (Å²) in [5.41, 5.74) is 3.59. The predicted octanol–water partition coefficient (Wildman–Crippen LogP) is 4.33. The van der Waals surface area contributed by atoms with E-state index >= 15 is 0 Å². The monoisotopic (exact) mass is 325 g/mol. The molecule has 4 rings (SSSR count). The van der Waals surface area contributed by atoms with Crippen molar-refractivity contribution in [2.45, 2.75) is 31.7 Å². The molecule has 2 heterocycles. The van der Waals surface area contributed by atoms with Crippen molar-refractivity contribution in [2.75, 3.05) is 6.61 Å². The first-order chi connectivity index (χ1) is 11.7. The van der Waals surface area contributed by atoms with Crippen LogP contribution in [0.1, 0.15) is 41.7 Å². The molecule has 0 N–H and O–H groups in total. The Morgan fingerprint density at radius 3 is 2.58 bits per heavy atom. The highest BCUT2D eigenvalue weighted by atomic mass is 16.6. The van der Waals surface area contributed by atoms with Crippen molar-refractivity contribution in [2.24, 2.45) is 5.92 Å². The second kappa shape index (κ2) is 6.34. The molecule has 1 saturated heterocycles. The second-order valence-electron chi connectivity index (χ2n) is 6.38. The lowest BCUT2D eigenvalue weighted by Gasteiger charge is -2.35. The van der Waals surface area contributed by atoms with E-state index in [2.05, 4.69) is 12.1 Å². The minimum Gasteiger partial charge on any atom is -0.373 e. The normalized spacial score (nSPS) is 26.1. The molecule has 3 atom stereocenters. The summed E-state index contributed by atoms with van der Waals surface area (Å²) >= 11 is 0. The van der Waals surface area contributed by atoms with Crippen molar-refractivity contribution in [1.29, 1.82) is 0 Å². The number of fused-ring (bicyclic) bond motifs is 1. The fourth-order valence-corrected chi connectivity index (χ4v) is 3.81. The molecule has 2 aromatic rings. The lowest BCUT2D eigenvalue weighted by Crippen LogP contribution is -2.27. The molecular formula is C19H19NO4. The molecule has 0 unspecified atom stereocenters. The van der Waals surface area contributed by atoms with E-state index in [4.69, 9.17) is 9.47 Å². The van der Waals surface area contributed by atoms with Crippen LogP contribution in [-0.4, -0.2) is 11.5 Å². The lowest BCUT2D eigenvalue weighted by atomic mass is 9.82. The second-order valence-corrected chi connectivity index (χ2v) is 6.38. The predicted molar refractivity (Wildman–Crippen MR) is 88.5 cm³/mol. The number of nitro benzene ring substituents is 1. The summed E-state index contributed by atoms with van der Waals surface area (Å²) in [4.78, 5) is 10.5. The molecule has 0 saturated carbocycles. The first-order valence-corrected chi connectivity index (χ1v) is 8.29. The largest absolute Gasteiger partial charge is 0.373 e. The van der Waals surface area contributed by atoms with Gasteiger partial charge in [-0.2, -0.15) is 0 Å². The van der Waals surface area contributed by atoms with E-state index < -0.39 is 0 Å². The smallest absolute Gasteiger partial charge is 0.269 e. The molecule has 0 aliphatic carbocycles. The highest BCUT2D eigenvalue weighted by molar-refractivity contribution is 5.36. The first-order valence-electron chi connectivity index (χ1n) is 8.29. The zero-order valence-electron chi connectivity index (χ0n) is 13.3. The standard InChI is InChI=1S/C19H19NO4/c21-20(22)15-9-7-13(8-10-15)18-17(6-3-11-23-18)19-16-5-2-1-4-14(16)12-24-19/h1-2,4-5,7-10,17-19H,3,6,11-12H2/t17-,18+,19-/m1/s1. The van der Waals surface area contributed by atoms with Gasteiger partial charge < -0.3 is 9.47 Å². The van der Waals surface area contributed by atoms with Gasteiger partial charge in [-0.1, -0.05) is 24.3 Å². The van der Waals surface area contributed by atoms with Gasteiger partial charge in [-0.05, 0) is 41.7 Å². The van der Waals surface area contributed by atoms with Crippen LogP contribution in [0.5, 0.6) is 0 Å². The number of nitro groups is 1. The van der Waals surface area contributed by atoms with Crippen LogP contribution in [-0.2, 0) is 16.1 Å². The van der Waals surface area contributed by atoms with Crippen molar-refractivity contribution < 1.29 is 14.4 Å². The number of hydrogen-bond donors (Lipinski definition) is 0. The zero-order valence-corrected chi connectivity index (χ0v) is 13.3. The van der Waals surface area contributed by atoms with E-state index in [0.29, 0.717) is 13.2 Å². The van der Waals surface area contributed by atoms with Crippen molar-refractivity contribution in [3.63, 3.8) is 0 Å². The van der Waals surface area contributed by atoms with Crippen molar-refractivity contribution in [1.82, 2.24) is 0 Å². The topological polar surface area (TPSA) is 61.6 Å². The molecule has 0 amide bonds. The molecule has 1 fully saturated rings. The van der Waals surface area contributed by atoms with E-state index in [1.165, 1.54) is 11.1 Å². The van der Waals surface area contributed by atoms with Crippen LogP contribution < -0.4 is 0 Å². The summed E-state index contributed by atoms with van der Waals surface area (Å²) in [5, 5.41) is 10.9. The molecule has 24 heavy (non-hydrogen) atoms. The Bertz CT molecular complexity index is 743. The molecule has 5 heteroatoms.